The molecule has 0 aliphatic rings. The third-order valence-electron chi connectivity index (χ3n) is 2.14. The summed E-state index contributed by atoms with van der Waals surface area (Å²) >= 11 is 2.87. The molecule has 0 bridgehead atoms. The number of hydrogen-bond acceptors (Lipinski definition) is 11. The van der Waals surface area contributed by atoms with Gasteiger partial charge in [-0.3, -0.25) is 0 Å². The summed E-state index contributed by atoms with van der Waals surface area (Å²) in [5.74, 6) is 1.47. The lowest BCUT2D eigenvalue weighted by Gasteiger charge is -2.17. The van der Waals surface area contributed by atoms with Crippen molar-refractivity contribution < 1.29 is 28.6 Å². The molecule has 0 fully saturated rings. The molecule has 140 valence electrons. The summed E-state index contributed by atoms with van der Waals surface area (Å²) in [6.45, 7) is 2.24. The number of thioether (sulfide) groups is 3. The van der Waals surface area contributed by atoms with Crippen molar-refractivity contribution in [2.75, 3.05) is 43.6 Å². The van der Waals surface area contributed by atoms with E-state index in [0.29, 0.717) is 30.3 Å². The van der Waals surface area contributed by atoms with E-state index in [1.54, 1.807) is 0 Å². The second-order valence-electron chi connectivity index (χ2n) is 4.23. The SMILES string of the molecule is CCCSC(=O)OCC(COC(=O)SCCN)OC(=O)SCCN. The van der Waals surface area contributed by atoms with Gasteiger partial charge in [0.05, 0.1) is 0 Å². The summed E-state index contributed by atoms with van der Waals surface area (Å²) in [5, 5.41) is -1.55. The molecule has 0 aromatic rings. The van der Waals surface area contributed by atoms with Gasteiger partial charge in [-0.25, -0.2) is 14.4 Å². The Morgan fingerprint density at radius 2 is 1.29 bits per heavy atom. The van der Waals surface area contributed by atoms with Gasteiger partial charge in [-0.2, -0.15) is 0 Å². The van der Waals surface area contributed by atoms with Crippen LogP contribution < -0.4 is 11.5 Å². The molecule has 0 aliphatic heterocycles. The minimum atomic E-state index is -0.864. The Kier molecular flexibility index (Phi) is 15.5. The minimum Gasteiger partial charge on any atom is -0.453 e. The van der Waals surface area contributed by atoms with Crippen molar-refractivity contribution in [1.29, 1.82) is 0 Å². The fourth-order valence-electron chi connectivity index (χ4n) is 1.16. The van der Waals surface area contributed by atoms with E-state index >= 15 is 0 Å². The highest BCUT2D eigenvalue weighted by Gasteiger charge is 2.20. The number of ether oxygens (including phenoxy) is 3. The van der Waals surface area contributed by atoms with Gasteiger partial charge in [0, 0.05) is 30.3 Å². The van der Waals surface area contributed by atoms with Gasteiger partial charge in [0.15, 0.2) is 6.10 Å². The minimum absolute atomic E-state index is 0.181. The first-order chi connectivity index (χ1) is 11.5. The Morgan fingerprint density at radius 1 is 0.833 bits per heavy atom. The Labute approximate surface area is 154 Å². The maximum absolute atomic E-state index is 11.6. The van der Waals surface area contributed by atoms with Crippen LogP contribution in [0.4, 0.5) is 14.4 Å². The van der Waals surface area contributed by atoms with Crippen molar-refractivity contribution >= 4 is 51.2 Å². The Hall–Kier alpha value is -0.620. The van der Waals surface area contributed by atoms with E-state index in [0.717, 1.165) is 41.7 Å². The third-order valence-corrected chi connectivity index (χ3v) is 4.67. The van der Waals surface area contributed by atoms with Crippen LogP contribution in [-0.4, -0.2) is 65.6 Å². The van der Waals surface area contributed by atoms with Gasteiger partial charge in [-0.1, -0.05) is 6.92 Å². The molecule has 1 unspecified atom stereocenters. The van der Waals surface area contributed by atoms with E-state index in [9.17, 15) is 14.4 Å². The van der Waals surface area contributed by atoms with Crippen LogP contribution in [0.2, 0.25) is 0 Å². The van der Waals surface area contributed by atoms with Crippen LogP contribution in [0.5, 0.6) is 0 Å². The lowest BCUT2D eigenvalue weighted by atomic mass is 10.4. The van der Waals surface area contributed by atoms with Crippen LogP contribution in [0.15, 0.2) is 0 Å². The van der Waals surface area contributed by atoms with E-state index < -0.39 is 22.0 Å². The molecular formula is C13H24N2O6S3. The molecule has 0 spiro atoms. The molecule has 0 heterocycles. The highest BCUT2D eigenvalue weighted by atomic mass is 32.2. The first-order valence-corrected chi connectivity index (χ1v) is 10.3. The molecule has 0 aromatic heterocycles. The zero-order chi connectivity index (χ0) is 18.2. The Bertz CT molecular complexity index is 363. The number of rotatable bonds is 11. The molecular weight excluding hydrogens is 376 g/mol. The summed E-state index contributed by atoms with van der Waals surface area (Å²) in [7, 11) is 0. The van der Waals surface area contributed by atoms with Crippen molar-refractivity contribution in [3.8, 4) is 0 Å². The standard InChI is InChI=1S/C13H24N2O6S3/c1-2-5-22-11(16)19-8-10(21-13(18)24-7-4-15)9-20-12(17)23-6-3-14/h10H,2-9,14-15H2,1H3. The smallest absolute Gasteiger partial charge is 0.367 e. The fourth-order valence-corrected chi connectivity index (χ4v) is 2.61. The molecule has 0 amide bonds. The normalized spacial score (nSPS) is 11.6. The Balaban J connectivity index is 4.34. The molecule has 1 atom stereocenters. The number of nitrogens with two attached hydrogens (primary N) is 2. The van der Waals surface area contributed by atoms with Crippen LogP contribution in [-0.2, 0) is 14.2 Å². The predicted octanol–water partition coefficient (Wildman–Crippen LogP) is 2.29. The van der Waals surface area contributed by atoms with Crippen LogP contribution in [0.3, 0.4) is 0 Å². The highest BCUT2D eigenvalue weighted by Crippen LogP contribution is 2.12. The van der Waals surface area contributed by atoms with Gasteiger partial charge in [0.1, 0.15) is 13.2 Å². The summed E-state index contributed by atoms with van der Waals surface area (Å²) < 4.78 is 15.1. The Morgan fingerprint density at radius 3 is 1.75 bits per heavy atom. The van der Waals surface area contributed by atoms with E-state index in [-0.39, 0.29) is 13.2 Å². The summed E-state index contributed by atoms with van der Waals surface area (Å²) in [5.41, 5.74) is 10.6. The molecule has 24 heavy (non-hydrogen) atoms. The third kappa shape index (κ3) is 13.8. The summed E-state index contributed by atoms with van der Waals surface area (Å²) in [4.78, 5) is 34.6. The average Bonchev–Trinajstić information content (AvgIpc) is 2.58. The zero-order valence-corrected chi connectivity index (χ0v) is 16.0. The number of hydrogen-bond donors (Lipinski definition) is 2. The zero-order valence-electron chi connectivity index (χ0n) is 13.6. The molecule has 0 saturated carbocycles. The summed E-state index contributed by atoms with van der Waals surface area (Å²) in [6.07, 6.45) is -0.0273. The molecule has 4 N–H and O–H groups in total. The first-order valence-electron chi connectivity index (χ1n) is 7.36. The first kappa shape index (κ1) is 23.4. The van der Waals surface area contributed by atoms with Gasteiger partial charge in [-0.05, 0) is 41.7 Å². The quantitative estimate of drug-likeness (QED) is 0.391. The fraction of sp³-hybridized carbons (Fsp3) is 0.769. The second-order valence-corrected chi connectivity index (χ2v) is 7.33. The molecule has 11 heteroatoms. The molecule has 0 aromatic carbocycles. The van der Waals surface area contributed by atoms with Gasteiger partial charge < -0.3 is 25.7 Å². The number of carbonyl (C=O) groups is 3. The van der Waals surface area contributed by atoms with Crippen molar-refractivity contribution in [3.63, 3.8) is 0 Å². The maximum Gasteiger partial charge on any atom is 0.367 e. The molecule has 0 saturated heterocycles. The van der Waals surface area contributed by atoms with Gasteiger partial charge >= 0.3 is 15.9 Å². The molecule has 0 radical (unpaired) electrons. The van der Waals surface area contributed by atoms with E-state index in [4.69, 9.17) is 25.7 Å². The average molecular weight is 401 g/mol. The van der Waals surface area contributed by atoms with Gasteiger partial charge in [0.25, 0.3) is 0 Å². The van der Waals surface area contributed by atoms with Gasteiger partial charge in [-0.15, -0.1) is 0 Å². The van der Waals surface area contributed by atoms with Crippen molar-refractivity contribution in [2.24, 2.45) is 11.5 Å². The molecule has 0 rings (SSSR count). The van der Waals surface area contributed by atoms with Crippen LogP contribution >= 0.6 is 35.3 Å². The van der Waals surface area contributed by atoms with Crippen molar-refractivity contribution in [2.45, 2.75) is 19.4 Å². The number of carbonyl (C=O) groups excluding carboxylic acids is 3. The maximum atomic E-state index is 11.6. The van der Waals surface area contributed by atoms with Crippen LogP contribution in [0, 0.1) is 0 Å². The summed E-state index contributed by atoms with van der Waals surface area (Å²) in [6, 6.07) is 0. The van der Waals surface area contributed by atoms with E-state index in [1.807, 2.05) is 6.92 Å². The molecule has 8 nitrogen and oxygen atoms in total. The lowest BCUT2D eigenvalue weighted by Crippen LogP contribution is -2.29. The van der Waals surface area contributed by atoms with Crippen LogP contribution in [0.1, 0.15) is 13.3 Å². The topological polar surface area (TPSA) is 131 Å². The van der Waals surface area contributed by atoms with Crippen molar-refractivity contribution in [3.05, 3.63) is 0 Å². The van der Waals surface area contributed by atoms with Crippen molar-refractivity contribution in [1.82, 2.24) is 0 Å². The van der Waals surface area contributed by atoms with Gasteiger partial charge in [0.2, 0.25) is 0 Å². The molecule has 0 aliphatic carbocycles. The van der Waals surface area contributed by atoms with E-state index in [1.165, 1.54) is 0 Å². The largest absolute Gasteiger partial charge is 0.453 e. The highest BCUT2D eigenvalue weighted by molar-refractivity contribution is 8.13. The predicted molar refractivity (Wildman–Crippen MR) is 98.7 cm³/mol. The lowest BCUT2D eigenvalue weighted by molar-refractivity contribution is 0.0277. The monoisotopic (exact) mass is 400 g/mol. The van der Waals surface area contributed by atoms with E-state index in [2.05, 4.69) is 0 Å². The second kappa shape index (κ2) is 15.9. The van der Waals surface area contributed by atoms with Crippen LogP contribution in [0.25, 0.3) is 0 Å².